The van der Waals surface area contributed by atoms with E-state index >= 15 is 0 Å². The summed E-state index contributed by atoms with van der Waals surface area (Å²) >= 11 is 0. The molecule has 0 N–H and O–H groups in total. The third-order valence-electron chi connectivity index (χ3n) is 2.16. The quantitative estimate of drug-likeness (QED) is 0.459. The Kier molecular flexibility index (Phi) is 8.46. The van der Waals surface area contributed by atoms with Crippen molar-refractivity contribution < 1.29 is 9.53 Å². The predicted molar refractivity (Wildman–Crippen MR) is 81.6 cm³/mol. The van der Waals surface area contributed by atoms with Gasteiger partial charge in [0.1, 0.15) is 0 Å². The SMILES string of the molecule is C=C(C)C(=O)OC.C=CC=C(C=C)c1ccccc1. The number of hydrogen-bond acceptors (Lipinski definition) is 2. The Labute approximate surface area is 115 Å². The highest BCUT2D eigenvalue weighted by atomic mass is 16.5. The van der Waals surface area contributed by atoms with Gasteiger partial charge in [-0.15, -0.1) is 0 Å². The van der Waals surface area contributed by atoms with Gasteiger partial charge >= 0.3 is 5.97 Å². The van der Waals surface area contributed by atoms with Gasteiger partial charge in [0.25, 0.3) is 0 Å². The first kappa shape index (κ1) is 16.7. The molecule has 0 saturated heterocycles. The number of allylic oxidation sites excluding steroid dienone is 4. The number of esters is 1. The molecule has 2 nitrogen and oxygen atoms in total. The molecular formula is C17H20O2. The molecule has 0 unspecified atom stereocenters. The van der Waals surface area contributed by atoms with Crippen LogP contribution in [0.5, 0.6) is 0 Å². The molecular weight excluding hydrogens is 236 g/mol. The van der Waals surface area contributed by atoms with Gasteiger partial charge in [0.2, 0.25) is 0 Å². The minimum absolute atomic E-state index is 0.347. The molecule has 1 aromatic carbocycles. The average molecular weight is 256 g/mol. The second kappa shape index (κ2) is 9.66. The summed E-state index contributed by atoms with van der Waals surface area (Å²) in [6.07, 6.45) is 5.54. The van der Waals surface area contributed by atoms with Gasteiger partial charge in [0.05, 0.1) is 7.11 Å². The minimum Gasteiger partial charge on any atom is -0.466 e. The molecule has 0 aliphatic carbocycles. The van der Waals surface area contributed by atoms with E-state index < -0.39 is 0 Å². The van der Waals surface area contributed by atoms with Crippen LogP contribution in [0.15, 0.2) is 73.9 Å². The van der Waals surface area contributed by atoms with E-state index in [2.05, 4.69) is 36.6 Å². The van der Waals surface area contributed by atoms with E-state index in [-0.39, 0.29) is 5.97 Å². The van der Waals surface area contributed by atoms with Crippen molar-refractivity contribution in [1.29, 1.82) is 0 Å². The van der Waals surface area contributed by atoms with Crippen LogP contribution < -0.4 is 0 Å². The molecule has 0 heterocycles. The van der Waals surface area contributed by atoms with E-state index in [1.165, 1.54) is 12.7 Å². The molecule has 0 atom stereocenters. The van der Waals surface area contributed by atoms with E-state index in [1.54, 1.807) is 13.0 Å². The summed E-state index contributed by atoms with van der Waals surface area (Å²) in [4.78, 5) is 10.2. The number of carbonyl (C=O) groups excluding carboxylic acids is 1. The largest absolute Gasteiger partial charge is 0.466 e. The van der Waals surface area contributed by atoms with Gasteiger partial charge in [0.15, 0.2) is 0 Å². The van der Waals surface area contributed by atoms with Crippen molar-refractivity contribution >= 4 is 11.5 Å². The third kappa shape index (κ3) is 6.84. The molecule has 0 aromatic heterocycles. The van der Waals surface area contributed by atoms with Gasteiger partial charge in [0, 0.05) is 5.57 Å². The van der Waals surface area contributed by atoms with Crippen molar-refractivity contribution in [2.75, 3.05) is 7.11 Å². The molecule has 1 rings (SSSR count). The second-order valence-corrected chi connectivity index (χ2v) is 3.70. The fourth-order valence-corrected chi connectivity index (χ4v) is 1.21. The van der Waals surface area contributed by atoms with Gasteiger partial charge in [-0.05, 0) is 18.1 Å². The topological polar surface area (TPSA) is 26.3 Å². The Morgan fingerprint density at radius 3 is 2.11 bits per heavy atom. The highest BCUT2D eigenvalue weighted by Gasteiger charge is 1.95. The Balaban J connectivity index is 0.000000399. The van der Waals surface area contributed by atoms with Crippen LogP contribution >= 0.6 is 0 Å². The molecule has 0 aliphatic heterocycles. The van der Waals surface area contributed by atoms with Crippen LogP contribution in [0, 0.1) is 0 Å². The molecule has 0 amide bonds. The van der Waals surface area contributed by atoms with Crippen molar-refractivity contribution in [2.45, 2.75) is 6.92 Å². The fourth-order valence-electron chi connectivity index (χ4n) is 1.21. The lowest BCUT2D eigenvalue weighted by Crippen LogP contribution is -1.98. The van der Waals surface area contributed by atoms with Crippen molar-refractivity contribution in [1.82, 2.24) is 0 Å². The number of benzene rings is 1. The van der Waals surface area contributed by atoms with Crippen LogP contribution in [0.25, 0.3) is 5.57 Å². The molecule has 2 heteroatoms. The molecule has 100 valence electrons. The zero-order chi connectivity index (χ0) is 14.7. The number of ether oxygens (including phenoxy) is 1. The smallest absolute Gasteiger partial charge is 0.332 e. The predicted octanol–water partition coefficient (Wildman–Crippen LogP) is 4.18. The zero-order valence-corrected chi connectivity index (χ0v) is 11.6. The standard InChI is InChI=1S/C12H12.C5H8O2/c1-3-8-11(4-2)12-9-6-5-7-10-12;1-4(2)5(6)7-3/h3-10H,1-2H2;1H2,2-3H3. The Bertz CT molecular complexity index is 467. The molecule has 0 aliphatic rings. The molecule has 0 fully saturated rings. The molecule has 0 spiro atoms. The lowest BCUT2D eigenvalue weighted by atomic mass is 10.1. The van der Waals surface area contributed by atoms with E-state index in [1.807, 2.05) is 30.4 Å². The highest BCUT2D eigenvalue weighted by molar-refractivity contribution is 5.86. The monoisotopic (exact) mass is 256 g/mol. The Morgan fingerprint density at radius 1 is 1.21 bits per heavy atom. The van der Waals surface area contributed by atoms with Crippen LogP contribution in [-0.4, -0.2) is 13.1 Å². The van der Waals surface area contributed by atoms with Crippen LogP contribution in [0.1, 0.15) is 12.5 Å². The fraction of sp³-hybridized carbons (Fsp3) is 0.118. The number of methoxy groups -OCH3 is 1. The molecule has 19 heavy (non-hydrogen) atoms. The maximum Gasteiger partial charge on any atom is 0.332 e. The van der Waals surface area contributed by atoms with Crippen LogP contribution in [0.2, 0.25) is 0 Å². The maximum atomic E-state index is 10.2. The van der Waals surface area contributed by atoms with Gasteiger partial charge in [-0.3, -0.25) is 0 Å². The Hall–Kier alpha value is -2.35. The summed E-state index contributed by atoms with van der Waals surface area (Å²) in [5.41, 5.74) is 2.71. The lowest BCUT2D eigenvalue weighted by molar-refractivity contribution is -0.136. The number of hydrogen-bond donors (Lipinski definition) is 0. The van der Waals surface area contributed by atoms with E-state index in [4.69, 9.17) is 0 Å². The van der Waals surface area contributed by atoms with E-state index in [0.29, 0.717) is 5.57 Å². The second-order valence-electron chi connectivity index (χ2n) is 3.70. The third-order valence-corrected chi connectivity index (χ3v) is 2.16. The van der Waals surface area contributed by atoms with E-state index in [9.17, 15) is 4.79 Å². The minimum atomic E-state index is -0.347. The highest BCUT2D eigenvalue weighted by Crippen LogP contribution is 2.14. The average Bonchev–Trinajstić information content (AvgIpc) is 2.45. The number of rotatable bonds is 4. The summed E-state index contributed by atoms with van der Waals surface area (Å²) in [7, 11) is 1.33. The van der Waals surface area contributed by atoms with Gasteiger partial charge < -0.3 is 4.74 Å². The summed E-state index contributed by atoms with van der Waals surface area (Å²) < 4.78 is 4.27. The van der Waals surface area contributed by atoms with Crippen LogP contribution in [0.3, 0.4) is 0 Å². The van der Waals surface area contributed by atoms with Gasteiger partial charge in [-0.2, -0.15) is 0 Å². The van der Waals surface area contributed by atoms with Crippen LogP contribution in [0.4, 0.5) is 0 Å². The Morgan fingerprint density at radius 2 is 1.79 bits per heavy atom. The summed E-state index contributed by atoms with van der Waals surface area (Å²) in [5.74, 6) is -0.347. The zero-order valence-electron chi connectivity index (χ0n) is 11.6. The van der Waals surface area contributed by atoms with Crippen LogP contribution in [-0.2, 0) is 9.53 Å². The molecule has 0 bridgehead atoms. The molecule has 0 radical (unpaired) electrons. The summed E-state index contributed by atoms with van der Waals surface area (Å²) in [6.45, 7) is 12.3. The van der Waals surface area contributed by atoms with Gasteiger partial charge in [-0.25, -0.2) is 4.79 Å². The first-order valence-corrected chi connectivity index (χ1v) is 5.81. The normalized spacial score (nSPS) is 9.68. The summed E-state index contributed by atoms with van der Waals surface area (Å²) in [5, 5.41) is 0. The van der Waals surface area contributed by atoms with Crippen molar-refractivity contribution in [3.63, 3.8) is 0 Å². The lowest BCUT2D eigenvalue weighted by Gasteiger charge is -1.99. The maximum absolute atomic E-state index is 10.2. The first-order valence-electron chi connectivity index (χ1n) is 5.81. The van der Waals surface area contributed by atoms with Gasteiger partial charge in [-0.1, -0.05) is 68.3 Å². The number of carbonyl (C=O) groups is 1. The van der Waals surface area contributed by atoms with Crippen molar-refractivity contribution in [3.05, 3.63) is 79.4 Å². The van der Waals surface area contributed by atoms with Crippen molar-refractivity contribution in [2.24, 2.45) is 0 Å². The molecule has 0 saturated carbocycles. The van der Waals surface area contributed by atoms with E-state index in [0.717, 1.165) is 5.57 Å². The van der Waals surface area contributed by atoms with Crippen molar-refractivity contribution in [3.8, 4) is 0 Å². The first-order chi connectivity index (χ1) is 9.06. The summed E-state index contributed by atoms with van der Waals surface area (Å²) in [6, 6.07) is 10.1. The molecule has 1 aromatic rings.